The van der Waals surface area contributed by atoms with E-state index in [1.54, 1.807) is 0 Å². The molecule has 178 valence electrons. The Hall–Kier alpha value is -3.14. The van der Waals surface area contributed by atoms with Gasteiger partial charge in [-0.15, -0.1) is 0 Å². The first-order valence-electron chi connectivity index (χ1n) is 9.10. The number of rotatable bonds is 4. The van der Waals surface area contributed by atoms with E-state index in [0.29, 0.717) is 11.0 Å². The average Bonchev–Trinajstić information content (AvgIpc) is 3.16. The van der Waals surface area contributed by atoms with E-state index in [9.17, 15) is 39.5 Å². The van der Waals surface area contributed by atoms with Crippen LogP contribution in [-0.2, 0) is 17.1 Å². The Morgan fingerprint density at radius 3 is 2.09 bits per heavy atom. The van der Waals surface area contributed by atoms with Gasteiger partial charge in [0, 0.05) is 5.69 Å². The lowest BCUT2D eigenvalue weighted by molar-refractivity contribution is -0.215. The fraction of sp³-hybridized carbons (Fsp3) is 0.350. The molecule has 0 aliphatic carbocycles. The Kier molecular flexibility index (Phi) is 6.43. The van der Waals surface area contributed by atoms with Crippen molar-refractivity contribution < 1.29 is 49.0 Å². The zero-order valence-corrected chi connectivity index (χ0v) is 16.2. The van der Waals surface area contributed by atoms with Gasteiger partial charge in [0.2, 0.25) is 6.23 Å². The second-order valence-corrected chi connectivity index (χ2v) is 6.98. The van der Waals surface area contributed by atoms with Crippen molar-refractivity contribution in [2.24, 2.45) is 0 Å². The number of nitriles is 1. The van der Waals surface area contributed by atoms with Crippen LogP contribution in [0.5, 0.6) is 5.75 Å². The summed E-state index contributed by atoms with van der Waals surface area (Å²) in [5.41, 5.74) is -3.57. The quantitative estimate of drug-likeness (QED) is 0.518. The lowest BCUT2D eigenvalue weighted by atomic mass is 10.1. The Morgan fingerprint density at radius 2 is 1.58 bits per heavy atom. The van der Waals surface area contributed by atoms with Gasteiger partial charge in [-0.25, -0.2) is 0 Å². The molecule has 2 atom stereocenters. The van der Waals surface area contributed by atoms with E-state index in [0.717, 1.165) is 36.4 Å². The molecule has 0 spiro atoms. The van der Waals surface area contributed by atoms with Gasteiger partial charge in [-0.1, -0.05) is 0 Å². The number of alkyl halides is 9. The summed E-state index contributed by atoms with van der Waals surface area (Å²) >= 11 is 0. The minimum atomic E-state index is -4.98. The average molecular weight is 484 g/mol. The molecule has 33 heavy (non-hydrogen) atoms. The predicted molar refractivity (Wildman–Crippen MR) is 95.2 cm³/mol. The monoisotopic (exact) mass is 484 g/mol. The van der Waals surface area contributed by atoms with E-state index in [1.807, 2.05) is 0 Å². The molecule has 13 heteroatoms. The highest BCUT2D eigenvalue weighted by Crippen LogP contribution is 2.39. The van der Waals surface area contributed by atoms with Gasteiger partial charge in [-0.3, -0.25) is 0 Å². The largest absolute Gasteiger partial charge is 0.491 e. The van der Waals surface area contributed by atoms with Crippen molar-refractivity contribution in [3.63, 3.8) is 0 Å². The second kappa shape index (κ2) is 8.66. The number of anilines is 1. The Labute approximate surface area is 180 Å². The van der Waals surface area contributed by atoms with E-state index in [4.69, 9.17) is 14.7 Å². The number of nitrogens with zero attached hydrogens (tertiary/aromatic N) is 2. The molecule has 2 aromatic rings. The first-order chi connectivity index (χ1) is 15.2. The molecule has 2 aromatic carbocycles. The van der Waals surface area contributed by atoms with Gasteiger partial charge in [0.05, 0.1) is 29.3 Å². The van der Waals surface area contributed by atoms with Crippen molar-refractivity contribution in [2.75, 3.05) is 18.1 Å². The smallest absolute Gasteiger partial charge is 0.433 e. The molecule has 1 heterocycles. The summed E-state index contributed by atoms with van der Waals surface area (Å²) in [5, 5.41) is 8.85. The lowest BCUT2D eigenvalue weighted by Crippen LogP contribution is -2.42. The fourth-order valence-corrected chi connectivity index (χ4v) is 3.17. The van der Waals surface area contributed by atoms with Crippen molar-refractivity contribution >= 4 is 5.69 Å². The van der Waals surface area contributed by atoms with Crippen molar-refractivity contribution in [1.82, 2.24) is 0 Å². The maximum atomic E-state index is 13.5. The predicted octanol–water partition coefficient (Wildman–Crippen LogP) is 5.77. The van der Waals surface area contributed by atoms with Crippen LogP contribution in [0.3, 0.4) is 0 Å². The van der Waals surface area contributed by atoms with Crippen molar-refractivity contribution in [2.45, 2.75) is 30.9 Å². The molecule has 0 radical (unpaired) electrons. The molecule has 0 saturated carbocycles. The van der Waals surface area contributed by atoms with Crippen LogP contribution in [0.2, 0.25) is 0 Å². The molecular formula is C20H13F9N2O2. The van der Waals surface area contributed by atoms with Gasteiger partial charge < -0.3 is 14.4 Å². The molecule has 3 rings (SSSR count). The van der Waals surface area contributed by atoms with Gasteiger partial charge >= 0.3 is 18.5 Å². The third-order valence-corrected chi connectivity index (χ3v) is 4.66. The normalized spacial score (nSPS) is 19.5. The topological polar surface area (TPSA) is 45.5 Å². The number of hydrogen-bond donors (Lipinski definition) is 0. The maximum Gasteiger partial charge on any atom is 0.433 e. The van der Waals surface area contributed by atoms with Crippen molar-refractivity contribution in [3.8, 4) is 11.8 Å². The van der Waals surface area contributed by atoms with Crippen molar-refractivity contribution in [1.29, 1.82) is 5.26 Å². The summed E-state index contributed by atoms with van der Waals surface area (Å²) in [5.74, 6) is -0.0636. The minimum Gasteiger partial charge on any atom is -0.491 e. The molecule has 0 amide bonds. The first-order valence-corrected chi connectivity index (χ1v) is 9.10. The van der Waals surface area contributed by atoms with Crippen LogP contribution in [0.1, 0.15) is 16.7 Å². The SMILES string of the molecule is N#Cc1ccc(N2C[C@@H](COc3ccc(C(F)(F)F)cc3)O[C@@H]2C(F)(F)F)cc1C(F)(F)F. The highest BCUT2D eigenvalue weighted by atomic mass is 19.4. The molecule has 1 saturated heterocycles. The Balaban J connectivity index is 1.79. The van der Waals surface area contributed by atoms with Crippen LogP contribution < -0.4 is 9.64 Å². The molecule has 1 aliphatic heterocycles. The third-order valence-electron chi connectivity index (χ3n) is 4.66. The van der Waals surface area contributed by atoms with Gasteiger partial charge in [0.15, 0.2) is 0 Å². The molecule has 0 N–H and O–H groups in total. The fourth-order valence-electron chi connectivity index (χ4n) is 3.17. The highest BCUT2D eigenvalue weighted by molar-refractivity contribution is 5.56. The van der Waals surface area contributed by atoms with E-state index >= 15 is 0 Å². The highest BCUT2D eigenvalue weighted by Gasteiger charge is 2.51. The summed E-state index contributed by atoms with van der Waals surface area (Å²) in [7, 11) is 0. The summed E-state index contributed by atoms with van der Waals surface area (Å²) in [6.07, 6.45) is -18.4. The van der Waals surface area contributed by atoms with Crippen molar-refractivity contribution in [3.05, 3.63) is 59.2 Å². The van der Waals surface area contributed by atoms with E-state index in [2.05, 4.69) is 0 Å². The van der Waals surface area contributed by atoms with Gasteiger partial charge in [0.25, 0.3) is 0 Å². The van der Waals surface area contributed by atoms with Crippen LogP contribution in [0.15, 0.2) is 42.5 Å². The van der Waals surface area contributed by atoms with Crippen LogP contribution in [-0.4, -0.2) is 31.7 Å². The zero-order chi connectivity index (χ0) is 24.6. The molecule has 0 aromatic heterocycles. The van der Waals surface area contributed by atoms with Crippen LogP contribution in [0.25, 0.3) is 0 Å². The number of ether oxygens (including phenoxy) is 2. The summed E-state index contributed by atoms with van der Waals surface area (Å²) < 4.78 is 128. The standard InChI is InChI=1S/C20H13F9N2O2/c21-18(22,23)12-2-5-14(6-3-12)32-10-15-9-31(17(33-15)20(27,28)29)13-4-1-11(8-30)16(7-13)19(24,25)26/h1-7,15,17H,9-10H2/t15-,17+/m0/s1. The minimum absolute atomic E-state index is 0.0636. The van der Waals surface area contributed by atoms with Crippen LogP contribution in [0.4, 0.5) is 45.2 Å². The molecule has 1 fully saturated rings. The summed E-state index contributed by atoms with van der Waals surface area (Å²) in [6, 6.07) is 6.88. The summed E-state index contributed by atoms with van der Waals surface area (Å²) in [4.78, 5) is 0.553. The second-order valence-electron chi connectivity index (χ2n) is 6.98. The third kappa shape index (κ3) is 5.62. The van der Waals surface area contributed by atoms with E-state index < -0.39 is 66.4 Å². The number of benzene rings is 2. The Bertz CT molecular complexity index is 1020. The van der Waals surface area contributed by atoms with Gasteiger partial charge in [0.1, 0.15) is 18.5 Å². The molecule has 1 aliphatic rings. The molecule has 4 nitrogen and oxygen atoms in total. The zero-order valence-electron chi connectivity index (χ0n) is 16.2. The maximum absolute atomic E-state index is 13.5. The summed E-state index contributed by atoms with van der Waals surface area (Å²) in [6.45, 7) is -1.02. The molecule has 0 unspecified atom stereocenters. The lowest BCUT2D eigenvalue weighted by Gasteiger charge is -2.27. The van der Waals surface area contributed by atoms with E-state index in [1.165, 1.54) is 6.07 Å². The Morgan fingerprint density at radius 1 is 0.939 bits per heavy atom. The number of hydrogen-bond acceptors (Lipinski definition) is 4. The molecular weight excluding hydrogens is 471 g/mol. The van der Waals surface area contributed by atoms with Crippen LogP contribution in [0, 0.1) is 11.3 Å². The first kappa shape index (κ1) is 24.5. The van der Waals surface area contributed by atoms with Crippen LogP contribution >= 0.6 is 0 Å². The van der Waals surface area contributed by atoms with E-state index in [-0.39, 0.29) is 5.75 Å². The number of halogens is 9. The van der Waals surface area contributed by atoms with Gasteiger partial charge in [-0.05, 0) is 42.5 Å². The molecule has 0 bridgehead atoms. The van der Waals surface area contributed by atoms with Gasteiger partial charge in [-0.2, -0.15) is 44.8 Å².